The summed E-state index contributed by atoms with van der Waals surface area (Å²) in [6.45, 7) is 0.789. The van der Waals surface area contributed by atoms with Crippen molar-refractivity contribution in [3.05, 3.63) is 24.3 Å². The fourth-order valence-electron chi connectivity index (χ4n) is 2.85. The first-order valence-corrected chi connectivity index (χ1v) is 6.98. The van der Waals surface area contributed by atoms with E-state index in [9.17, 15) is 15.0 Å². The Morgan fingerprint density at radius 1 is 1.40 bits per heavy atom. The summed E-state index contributed by atoms with van der Waals surface area (Å²) in [5, 5.41) is 19.4. The van der Waals surface area contributed by atoms with Crippen LogP contribution in [0.5, 0.6) is 0 Å². The molecule has 0 bridgehead atoms. The molecule has 108 valence electrons. The summed E-state index contributed by atoms with van der Waals surface area (Å²) in [5.41, 5.74) is 0.274. The van der Waals surface area contributed by atoms with Crippen LogP contribution in [0, 0.1) is 11.3 Å². The number of aromatic nitrogens is 2. The summed E-state index contributed by atoms with van der Waals surface area (Å²) in [4.78, 5) is 22.2. The number of aliphatic hydroxyl groups is 2. The van der Waals surface area contributed by atoms with Crippen LogP contribution in [-0.2, 0) is 11.2 Å². The molecular formula is C14H19N3O3. The van der Waals surface area contributed by atoms with Crippen molar-refractivity contribution in [2.45, 2.75) is 25.4 Å². The van der Waals surface area contributed by atoms with Gasteiger partial charge in [-0.3, -0.25) is 14.8 Å². The van der Waals surface area contributed by atoms with E-state index in [-0.39, 0.29) is 18.4 Å². The third kappa shape index (κ3) is 2.41. The molecule has 3 rings (SSSR count). The van der Waals surface area contributed by atoms with Crippen molar-refractivity contribution in [2.75, 3.05) is 19.7 Å². The lowest BCUT2D eigenvalue weighted by Crippen LogP contribution is -2.37. The predicted octanol–water partition coefficient (Wildman–Crippen LogP) is -0.389. The van der Waals surface area contributed by atoms with E-state index < -0.39 is 11.5 Å². The van der Waals surface area contributed by atoms with Gasteiger partial charge in [0, 0.05) is 37.6 Å². The van der Waals surface area contributed by atoms with Crippen molar-refractivity contribution in [2.24, 2.45) is 11.3 Å². The molecule has 1 aliphatic heterocycles. The highest BCUT2D eigenvalue weighted by Gasteiger charge is 2.52. The standard InChI is InChI=1S/C14H19N3O3/c18-9-14(1-2-14)13(20)17-7-10(12(19)8-17)5-11-6-15-3-4-16-11/h3-4,6,10,12,18-19H,1-2,5,7-9H2/t10-,12-/m1/s1. The first kappa shape index (κ1) is 13.5. The van der Waals surface area contributed by atoms with E-state index in [1.54, 1.807) is 23.5 Å². The molecule has 2 fully saturated rings. The maximum atomic E-state index is 12.3. The van der Waals surface area contributed by atoms with E-state index in [0.29, 0.717) is 19.5 Å². The zero-order valence-corrected chi connectivity index (χ0v) is 11.3. The van der Waals surface area contributed by atoms with Gasteiger partial charge in [-0.2, -0.15) is 0 Å². The van der Waals surface area contributed by atoms with Crippen molar-refractivity contribution in [1.29, 1.82) is 0 Å². The molecule has 0 unspecified atom stereocenters. The van der Waals surface area contributed by atoms with Crippen LogP contribution in [-0.4, -0.2) is 56.8 Å². The lowest BCUT2D eigenvalue weighted by Gasteiger charge is -2.21. The van der Waals surface area contributed by atoms with E-state index in [2.05, 4.69) is 9.97 Å². The first-order valence-electron chi connectivity index (χ1n) is 6.98. The Morgan fingerprint density at radius 3 is 2.80 bits per heavy atom. The van der Waals surface area contributed by atoms with E-state index in [0.717, 1.165) is 18.5 Å². The zero-order valence-electron chi connectivity index (χ0n) is 11.3. The number of carbonyl (C=O) groups is 1. The summed E-state index contributed by atoms with van der Waals surface area (Å²) in [5.74, 6) is -0.0224. The van der Waals surface area contributed by atoms with Crippen LogP contribution in [0.3, 0.4) is 0 Å². The molecule has 1 aromatic rings. The SMILES string of the molecule is O=C(N1C[C@@H](Cc2cnccn2)[C@H](O)C1)C1(CO)CC1. The Balaban J connectivity index is 1.64. The van der Waals surface area contributed by atoms with E-state index in [1.807, 2.05) is 0 Å². The number of amides is 1. The number of β-amino-alcohol motifs (C(OH)–C–C–N with tert-alkyl or cyclic N) is 1. The van der Waals surface area contributed by atoms with Gasteiger partial charge in [-0.1, -0.05) is 0 Å². The Labute approximate surface area is 117 Å². The van der Waals surface area contributed by atoms with Gasteiger partial charge in [-0.25, -0.2) is 0 Å². The van der Waals surface area contributed by atoms with Gasteiger partial charge in [0.1, 0.15) is 0 Å². The monoisotopic (exact) mass is 277 g/mol. The summed E-state index contributed by atoms with van der Waals surface area (Å²) in [6, 6.07) is 0. The molecule has 1 saturated carbocycles. The van der Waals surface area contributed by atoms with Gasteiger partial charge < -0.3 is 15.1 Å². The minimum Gasteiger partial charge on any atom is -0.395 e. The molecule has 2 heterocycles. The maximum absolute atomic E-state index is 12.3. The fraction of sp³-hybridized carbons (Fsp3) is 0.643. The second-order valence-electron chi connectivity index (χ2n) is 5.88. The van der Waals surface area contributed by atoms with Crippen molar-refractivity contribution >= 4 is 5.91 Å². The van der Waals surface area contributed by atoms with Crippen molar-refractivity contribution in [3.8, 4) is 0 Å². The van der Waals surface area contributed by atoms with Gasteiger partial charge in [0.05, 0.1) is 23.8 Å². The highest BCUT2D eigenvalue weighted by Crippen LogP contribution is 2.47. The molecule has 2 atom stereocenters. The van der Waals surface area contributed by atoms with Crippen molar-refractivity contribution < 1.29 is 15.0 Å². The third-order valence-corrected chi connectivity index (χ3v) is 4.39. The molecule has 6 nitrogen and oxygen atoms in total. The molecule has 0 aromatic carbocycles. The number of likely N-dealkylation sites (tertiary alicyclic amines) is 1. The molecular weight excluding hydrogens is 258 g/mol. The molecule has 0 radical (unpaired) electrons. The number of hydrogen-bond acceptors (Lipinski definition) is 5. The highest BCUT2D eigenvalue weighted by atomic mass is 16.3. The normalized spacial score (nSPS) is 27.6. The topological polar surface area (TPSA) is 86.6 Å². The fourth-order valence-corrected chi connectivity index (χ4v) is 2.85. The first-order chi connectivity index (χ1) is 9.64. The number of hydrogen-bond donors (Lipinski definition) is 2. The minimum atomic E-state index is -0.554. The Morgan fingerprint density at radius 2 is 2.20 bits per heavy atom. The number of nitrogens with zero attached hydrogens (tertiary/aromatic N) is 3. The maximum Gasteiger partial charge on any atom is 0.231 e. The van der Waals surface area contributed by atoms with Crippen LogP contribution >= 0.6 is 0 Å². The van der Waals surface area contributed by atoms with Gasteiger partial charge >= 0.3 is 0 Å². The van der Waals surface area contributed by atoms with Crippen LogP contribution in [0.2, 0.25) is 0 Å². The molecule has 6 heteroatoms. The van der Waals surface area contributed by atoms with Gasteiger partial charge in [0.15, 0.2) is 0 Å². The summed E-state index contributed by atoms with van der Waals surface area (Å²) in [7, 11) is 0. The van der Waals surface area contributed by atoms with Crippen LogP contribution in [0.15, 0.2) is 18.6 Å². The van der Waals surface area contributed by atoms with E-state index >= 15 is 0 Å². The van der Waals surface area contributed by atoms with Crippen LogP contribution in [0.4, 0.5) is 0 Å². The van der Waals surface area contributed by atoms with Crippen LogP contribution in [0.1, 0.15) is 18.5 Å². The van der Waals surface area contributed by atoms with Crippen LogP contribution < -0.4 is 0 Å². The Kier molecular flexibility index (Phi) is 3.43. The number of aliphatic hydroxyl groups excluding tert-OH is 2. The number of carbonyl (C=O) groups excluding carboxylic acids is 1. The van der Waals surface area contributed by atoms with Gasteiger partial charge in [-0.05, 0) is 19.3 Å². The molecule has 2 N–H and O–H groups in total. The molecule has 1 aliphatic carbocycles. The van der Waals surface area contributed by atoms with Crippen molar-refractivity contribution in [1.82, 2.24) is 14.9 Å². The van der Waals surface area contributed by atoms with Crippen LogP contribution in [0.25, 0.3) is 0 Å². The summed E-state index contributed by atoms with van der Waals surface area (Å²) >= 11 is 0. The lowest BCUT2D eigenvalue weighted by molar-refractivity contribution is -0.137. The molecule has 1 amide bonds. The average molecular weight is 277 g/mol. The summed E-state index contributed by atoms with van der Waals surface area (Å²) in [6.07, 6.45) is 6.52. The largest absolute Gasteiger partial charge is 0.395 e. The van der Waals surface area contributed by atoms with E-state index in [1.165, 1.54) is 0 Å². The molecule has 0 spiro atoms. The van der Waals surface area contributed by atoms with Gasteiger partial charge in [0.25, 0.3) is 0 Å². The second-order valence-corrected chi connectivity index (χ2v) is 5.88. The minimum absolute atomic E-state index is 0.00913. The van der Waals surface area contributed by atoms with Gasteiger partial charge in [0.2, 0.25) is 5.91 Å². The average Bonchev–Trinajstić information content (AvgIpc) is 3.19. The van der Waals surface area contributed by atoms with Crippen molar-refractivity contribution in [3.63, 3.8) is 0 Å². The molecule has 1 saturated heterocycles. The predicted molar refractivity (Wildman–Crippen MR) is 70.6 cm³/mol. The lowest BCUT2D eigenvalue weighted by atomic mass is 10.0. The smallest absolute Gasteiger partial charge is 0.231 e. The van der Waals surface area contributed by atoms with E-state index in [4.69, 9.17) is 0 Å². The quantitative estimate of drug-likeness (QED) is 0.783. The third-order valence-electron chi connectivity index (χ3n) is 4.39. The zero-order chi connectivity index (χ0) is 14.2. The molecule has 20 heavy (non-hydrogen) atoms. The molecule has 2 aliphatic rings. The second kappa shape index (κ2) is 5.10. The highest BCUT2D eigenvalue weighted by molar-refractivity contribution is 5.85. The Hall–Kier alpha value is -1.53. The molecule has 1 aromatic heterocycles. The Bertz CT molecular complexity index is 490. The number of rotatable bonds is 4. The summed E-state index contributed by atoms with van der Waals surface area (Å²) < 4.78 is 0. The van der Waals surface area contributed by atoms with Gasteiger partial charge in [-0.15, -0.1) is 0 Å².